The maximum atomic E-state index is 13.0. The van der Waals surface area contributed by atoms with Gasteiger partial charge in [-0.3, -0.25) is 14.9 Å². The Hall–Kier alpha value is -3.09. The molecule has 1 saturated heterocycles. The first-order valence-electron chi connectivity index (χ1n) is 8.46. The molecule has 1 aliphatic heterocycles. The predicted octanol–water partition coefficient (Wildman–Crippen LogP) is 3.62. The Morgan fingerprint density at radius 1 is 1.31 bits per heavy atom. The maximum absolute atomic E-state index is 13.0. The van der Waals surface area contributed by atoms with Crippen LogP contribution in [-0.2, 0) is 0 Å². The largest absolute Gasteiger partial charge is 0.497 e. The number of likely N-dealkylation sites (tertiary alicyclic amines) is 1. The highest BCUT2D eigenvalue weighted by Crippen LogP contribution is 2.35. The standard InChI is InChI=1S/C19H21N3O4/c1-20-16-9-8-14(12-18(16)22(24)25)19(23)21-10-4-7-17(21)13-5-3-6-15(11-13)26-2/h3,5-6,8-9,11-12,17,20H,4,7,10H2,1-2H3/t17-/m0/s1. The van der Waals surface area contributed by atoms with Crippen molar-refractivity contribution in [3.63, 3.8) is 0 Å². The molecule has 0 aromatic heterocycles. The van der Waals surface area contributed by atoms with E-state index in [9.17, 15) is 14.9 Å². The van der Waals surface area contributed by atoms with Gasteiger partial charge in [0.15, 0.2) is 0 Å². The third kappa shape index (κ3) is 3.33. The van der Waals surface area contributed by atoms with E-state index in [1.54, 1.807) is 31.2 Å². The fraction of sp³-hybridized carbons (Fsp3) is 0.316. The van der Waals surface area contributed by atoms with Crippen molar-refractivity contribution in [3.05, 3.63) is 63.7 Å². The third-order valence-corrected chi connectivity index (χ3v) is 4.70. The molecule has 1 N–H and O–H groups in total. The Balaban J connectivity index is 1.91. The number of nitrogens with one attached hydrogen (secondary N) is 1. The molecule has 0 aliphatic carbocycles. The number of nitro groups is 1. The van der Waals surface area contributed by atoms with Crippen molar-refractivity contribution in [1.29, 1.82) is 0 Å². The van der Waals surface area contributed by atoms with Gasteiger partial charge in [-0.1, -0.05) is 12.1 Å². The predicted molar refractivity (Wildman–Crippen MR) is 98.6 cm³/mol. The SMILES string of the molecule is CNc1ccc(C(=O)N2CCC[C@H]2c2cccc(OC)c2)cc1[N+](=O)[O-]. The summed E-state index contributed by atoms with van der Waals surface area (Å²) in [5.74, 6) is 0.553. The molecule has 2 aromatic carbocycles. The van der Waals surface area contributed by atoms with Gasteiger partial charge in [0, 0.05) is 25.2 Å². The van der Waals surface area contributed by atoms with E-state index < -0.39 is 4.92 Å². The van der Waals surface area contributed by atoms with Gasteiger partial charge in [-0.25, -0.2) is 0 Å². The monoisotopic (exact) mass is 355 g/mol. The van der Waals surface area contributed by atoms with Crippen LogP contribution in [0.1, 0.15) is 34.8 Å². The van der Waals surface area contributed by atoms with E-state index in [2.05, 4.69) is 5.32 Å². The summed E-state index contributed by atoms with van der Waals surface area (Å²) in [5.41, 5.74) is 1.62. The molecule has 0 unspecified atom stereocenters. The van der Waals surface area contributed by atoms with Gasteiger partial charge in [0.2, 0.25) is 0 Å². The van der Waals surface area contributed by atoms with Crippen LogP contribution in [0.4, 0.5) is 11.4 Å². The molecule has 1 fully saturated rings. The maximum Gasteiger partial charge on any atom is 0.293 e. The van der Waals surface area contributed by atoms with Gasteiger partial charge in [0.1, 0.15) is 11.4 Å². The number of hydrogen-bond acceptors (Lipinski definition) is 5. The normalized spacial score (nSPS) is 16.4. The molecule has 0 bridgehead atoms. The van der Waals surface area contributed by atoms with E-state index in [0.717, 1.165) is 24.2 Å². The van der Waals surface area contributed by atoms with E-state index in [1.165, 1.54) is 6.07 Å². The Kier molecular flexibility index (Phi) is 5.06. The molecule has 3 rings (SSSR count). The lowest BCUT2D eigenvalue weighted by Gasteiger charge is -2.25. The van der Waals surface area contributed by atoms with Gasteiger partial charge in [-0.2, -0.15) is 0 Å². The minimum absolute atomic E-state index is 0.0550. The van der Waals surface area contributed by atoms with Gasteiger partial charge in [-0.05, 0) is 42.7 Å². The summed E-state index contributed by atoms with van der Waals surface area (Å²) in [6, 6.07) is 12.2. The summed E-state index contributed by atoms with van der Waals surface area (Å²) in [6.45, 7) is 0.627. The molecule has 136 valence electrons. The van der Waals surface area contributed by atoms with Crippen molar-refractivity contribution in [2.45, 2.75) is 18.9 Å². The molecular weight excluding hydrogens is 334 g/mol. The summed E-state index contributed by atoms with van der Waals surface area (Å²) in [6.07, 6.45) is 1.75. The highest BCUT2D eigenvalue weighted by molar-refractivity contribution is 5.96. The second-order valence-corrected chi connectivity index (χ2v) is 6.17. The molecule has 1 aliphatic rings. The van der Waals surface area contributed by atoms with Crippen LogP contribution in [0, 0.1) is 10.1 Å². The average molecular weight is 355 g/mol. The van der Waals surface area contributed by atoms with Crippen LogP contribution in [-0.4, -0.2) is 36.4 Å². The molecule has 1 amide bonds. The molecule has 1 heterocycles. The second kappa shape index (κ2) is 7.43. The van der Waals surface area contributed by atoms with E-state index in [-0.39, 0.29) is 17.6 Å². The quantitative estimate of drug-likeness (QED) is 0.654. The van der Waals surface area contributed by atoms with Crippen molar-refractivity contribution in [2.24, 2.45) is 0 Å². The number of rotatable bonds is 5. The van der Waals surface area contributed by atoms with E-state index in [1.807, 2.05) is 24.3 Å². The van der Waals surface area contributed by atoms with Crippen LogP contribution in [0.3, 0.4) is 0 Å². The summed E-state index contributed by atoms with van der Waals surface area (Å²) < 4.78 is 5.28. The zero-order valence-corrected chi connectivity index (χ0v) is 14.8. The molecule has 7 heteroatoms. The van der Waals surface area contributed by atoms with Crippen LogP contribution < -0.4 is 10.1 Å². The highest BCUT2D eigenvalue weighted by Gasteiger charge is 2.31. The number of carbonyl (C=O) groups is 1. The Morgan fingerprint density at radius 3 is 2.81 bits per heavy atom. The highest BCUT2D eigenvalue weighted by atomic mass is 16.6. The minimum atomic E-state index is -0.480. The number of nitro benzene ring substituents is 1. The number of nitrogens with zero attached hydrogens (tertiary/aromatic N) is 2. The lowest BCUT2D eigenvalue weighted by Crippen LogP contribution is -2.30. The molecule has 0 radical (unpaired) electrons. The van der Waals surface area contributed by atoms with Crippen LogP contribution in [0.2, 0.25) is 0 Å². The zero-order chi connectivity index (χ0) is 18.7. The zero-order valence-electron chi connectivity index (χ0n) is 14.8. The Morgan fingerprint density at radius 2 is 2.12 bits per heavy atom. The van der Waals surface area contributed by atoms with Crippen LogP contribution in [0.25, 0.3) is 0 Å². The summed E-state index contributed by atoms with van der Waals surface area (Å²) in [5, 5.41) is 14.0. The molecule has 1 atom stereocenters. The number of methoxy groups -OCH3 is 1. The van der Waals surface area contributed by atoms with E-state index in [4.69, 9.17) is 4.74 Å². The molecule has 7 nitrogen and oxygen atoms in total. The van der Waals surface area contributed by atoms with E-state index >= 15 is 0 Å². The number of amides is 1. The summed E-state index contributed by atoms with van der Waals surface area (Å²) >= 11 is 0. The topological polar surface area (TPSA) is 84.7 Å². The Labute approximate surface area is 151 Å². The third-order valence-electron chi connectivity index (χ3n) is 4.70. The first-order valence-corrected chi connectivity index (χ1v) is 8.46. The Bertz CT molecular complexity index is 837. The van der Waals surface area contributed by atoms with Gasteiger partial charge in [0.25, 0.3) is 11.6 Å². The number of hydrogen-bond donors (Lipinski definition) is 1. The van der Waals surface area contributed by atoms with Gasteiger partial charge in [0.05, 0.1) is 18.1 Å². The van der Waals surface area contributed by atoms with Crippen LogP contribution in [0.5, 0.6) is 5.75 Å². The second-order valence-electron chi connectivity index (χ2n) is 6.17. The summed E-state index contributed by atoms with van der Waals surface area (Å²) in [7, 11) is 3.22. The molecular formula is C19H21N3O4. The fourth-order valence-electron chi connectivity index (χ4n) is 3.40. The molecule has 26 heavy (non-hydrogen) atoms. The number of anilines is 1. The first-order chi connectivity index (χ1) is 12.5. The minimum Gasteiger partial charge on any atom is -0.497 e. The smallest absolute Gasteiger partial charge is 0.293 e. The van der Waals surface area contributed by atoms with Crippen molar-refractivity contribution >= 4 is 17.3 Å². The fourth-order valence-corrected chi connectivity index (χ4v) is 3.40. The number of carbonyl (C=O) groups excluding carboxylic acids is 1. The van der Waals surface area contributed by atoms with Crippen molar-refractivity contribution < 1.29 is 14.5 Å². The van der Waals surface area contributed by atoms with Crippen molar-refractivity contribution in [1.82, 2.24) is 4.90 Å². The summed E-state index contributed by atoms with van der Waals surface area (Å²) in [4.78, 5) is 25.6. The number of ether oxygens (including phenoxy) is 1. The van der Waals surface area contributed by atoms with Gasteiger partial charge in [-0.15, -0.1) is 0 Å². The van der Waals surface area contributed by atoms with Crippen molar-refractivity contribution in [2.75, 3.05) is 26.0 Å². The molecule has 2 aromatic rings. The van der Waals surface area contributed by atoms with Gasteiger partial charge < -0.3 is 15.0 Å². The first kappa shape index (κ1) is 17.7. The lowest BCUT2D eigenvalue weighted by molar-refractivity contribution is -0.384. The van der Waals surface area contributed by atoms with E-state index in [0.29, 0.717) is 17.8 Å². The van der Waals surface area contributed by atoms with Gasteiger partial charge >= 0.3 is 0 Å². The van der Waals surface area contributed by atoms with Crippen LogP contribution >= 0.6 is 0 Å². The molecule has 0 spiro atoms. The number of benzene rings is 2. The lowest BCUT2D eigenvalue weighted by atomic mass is 10.0. The average Bonchev–Trinajstić information content (AvgIpc) is 3.16. The molecule has 0 saturated carbocycles. The van der Waals surface area contributed by atoms with Crippen LogP contribution in [0.15, 0.2) is 42.5 Å². The van der Waals surface area contributed by atoms with Crippen molar-refractivity contribution in [3.8, 4) is 5.75 Å².